The number of rotatable bonds is 2. The average molecular weight is 276 g/mol. The predicted molar refractivity (Wildman–Crippen MR) is 68.7 cm³/mol. The third-order valence-electron chi connectivity index (χ3n) is 2.78. The summed E-state index contributed by atoms with van der Waals surface area (Å²) >= 11 is 0. The van der Waals surface area contributed by atoms with E-state index in [4.69, 9.17) is 0 Å². The largest absolute Gasteiger partial charge is 0.269 e. The van der Waals surface area contributed by atoms with Gasteiger partial charge in [0.15, 0.2) is 11.5 Å². The first-order valence-electron chi connectivity index (χ1n) is 5.53. The van der Waals surface area contributed by atoms with Crippen LogP contribution in [0.4, 0.5) is 4.39 Å². The van der Waals surface area contributed by atoms with E-state index in [1.54, 1.807) is 24.3 Å². The predicted octanol–water partition coefficient (Wildman–Crippen LogP) is 2.41. The molecule has 0 saturated heterocycles. The van der Waals surface area contributed by atoms with Gasteiger partial charge in [-0.15, -0.1) is 0 Å². The minimum absolute atomic E-state index is 0.0869. The Morgan fingerprint density at radius 3 is 2.53 bits per heavy atom. The van der Waals surface area contributed by atoms with Crippen molar-refractivity contribution in [2.24, 2.45) is 0 Å². The van der Waals surface area contributed by atoms with Crippen molar-refractivity contribution in [2.75, 3.05) is 0 Å². The van der Waals surface area contributed by atoms with E-state index in [1.807, 2.05) is 0 Å². The maximum Gasteiger partial charge on any atom is 0.269 e. The minimum atomic E-state index is -3.83. The van der Waals surface area contributed by atoms with Crippen molar-refractivity contribution >= 4 is 21.1 Å². The number of pyridine rings is 1. The Morgan fingerprint density at radius 1 is 1.05 bits per heavy atom. The quantitative estimate of drug-likeness (QED) is 0.722. The van der Waals surface area contributed by atoms with Gasteiger partial charge < -0.3 is 0 Å². The molecule has 2 aromatic heterocycles. The molecule has 96 valence electrons. The van der Waals surface area contributed by atoms with E-state index in [2.05, 4.69) is 4.98 Å². The molecule has 0 aliphatic heterocycles. The monoisotopic (exact) mass is 276 g/mol. The van der Waals surface area contributed by atoms with Crippen molar-refractivity contribution in [1.29, 1.82) is 0 Å². The molecule has 6 heteroatoms. The van der Waals surface area contributed by atoms with Crippen LogP contribution in [0.1, 0.15) is 0 Å². The summed E-state index contributed by atoms with van der Waals surface area (Å²) < 4.78 is 39.4. The fraction of sp³-hybridized carbons (Fsp3) is 0. The Hall–Kier alpha value is -2.21. The van der Waals surface area contributed by atoms with Crippen LogP contribution in [0.3, 0.4) is 0 Å². The first-order chi connectivity index (χ1) is 9.10. The molecule has 3 aromatic rings. The van der Waals surface area contributed by atoms with Gasteiger partial charge in [0.05, 0.1) is 16.5 Å². The van der Waals surface area contributed by atoms with Gasteiger partial charge in [0.1, 0.15) is 0 Å². The summed E-state index contributed by atoms with van der Waals surface area (Å²) in [6.45, 7) is 0. The number of benzene rings is 1. The van der Waals surface area contributed by atoms with Crippen LogP contribution in [0.15, 0.2) is 59.8 Å². The van der Waals surface area contributed by atoms with Crippen molar-refractivity contribution in [3.8, 4) is 0 Å². The Labute approximate surface area is 109 Å². The maximum atomic E-state index is 13.7. The van der Waals surface area contributed by atoms with Crippen LogP contribution in [0.2, 0.25) is 0 Å². The molecule has 19 heavy (non-hydrogen) atoms. The number of halogens is 1. The van der Waals surface area contributed by atoms with Gasteiger partial charge >= 0.3 is 0 Å². The van der Waals surface area contributed by atoms with Gasteiger partial charge in [0.2, 0.25) is 0 Å². The summed E-state index contributed by atoms with van der Waals surface area (Å²) in [6, 6.07) is 10.9. The molecule has 0 radical (unpaired) electrons. The molecule has 0 unspecified atom stereocenters. The fourth-order valence-electron chi connectivity index (χ4n) is 1.88. The van der Waals surface area contributed by atoms with E-state index in [1.165, 1.54) is 24.4 Å². The van der Waals surface area contributed by atoms with Crippen LogP contribution in [-0.4, -0.2) is 17.4 Å². The zero-order chi connectivity index (χ0) is 13.5. The van der Waals surface area contributed by atoms with Crippen LogP contribution in [0.25, 0.3) is 11.0 Å². The van der Waals surface area contributed by atoms with Crippen molar-refractivity contribution in [3.63, 3.8) is 0 Å². The van der Waals surface area contributed by atoms with Crippen molar-refractivity contribution in [3.05, 3.63) is 60.7 Å². The molecule has 0 amide bonds. The molecule has 0 aliphatic rings. The van der Waals surface area contributed by atoms with Gasteiger partial charge in [-0.05, 0) is 24.3 Å². The zero-order valence-corrected chi connectivity index (χ0v) is 10.5. The molecule has 0 aliphatic carbocycles. The lowest BCUT2D eigenvalue weighted by atomic mass is 10.3. The van der Waals surface area contributed by atoms with E-state index in [-0.39, 0.29) is 15.9 Å². The SMILES string of the molecule is O=S(=O)(c1ccccc1)n1cc(F)c2cccnc21. The van der Waals surface area contributed by atoms with E-state index in [9.17, 15) is 12.8 Å². The molecular formula is C13H9FN2O2S. The number of fused-ring (bicyclic) bond motifs is 1. The lowest BCUT2D eigenvalue weighted by Gasteiger charge is -2.05. The average Bonchev–Trinajstić information content (AvgIpc) is 2.79. The lowest BCUT2D eigenvalue weighted by molar-refractivity contribution is 0.585. The summed E-state index contributed by atoms with van der Waals surface area (Å²) in [6.07, 6.45) is 2.37. The van der Waals surface area contributed by atoms with Gasteiger partial charge in [-0.25, -0.2) is 21.8 Å². The fourth-order valence-corrected chi connectivity index (χ4v) is 3.21. The first kappa shape index (κ1) is 11.9. The van der Waals surface area contributed by atoms with Crippen LogP contribution in [-0.2, 0) is 10.0 Å². The Balaban J connectivity index is 2.31. The molecule has 2 heterocycles. The molecule has 0 spiro atoms. The normalized spacial score (nSPS) is 11.8. The smallest absolute Gasteiger partial charge is 0.237 e. The number of hydrogen-bond acceptors (Lipinski definition) is 3. The Morgan fingerprint density at radius 2 is 1.79 bits per heavy atom. The molecule has 0 bridgehead atoms. The highest BCUT2D eigenvalue weighted by atomic mass is 32.2. The summed E-state index contributed by atoms with van der Waals surface area (Å²) in [5.74, 6) is -0.609. The van der Waals surface area contributed by atoms with Crippen LogP contribution >= 0.6 is 0 Å². The van der Waals surface area contributed by atoms with Crippen LogP contribution in [0, 0.1) is 5.82 Å². The second-order valence-electron chi connectivity index (χ2n) is 3.97. The van der Waals surface area contributed by atoms with E-state index < -0.39 is 15.8 Å². The van der Waals surface area contributed by atoms with E-state index in [0.29, 0.717) is 0 Å². The number of nitrogens with zero attached hydrogens (tertiary/aromatic N) is 2. The minimum Gasteiger partial charge on any atom is -0.237 e. The van der Waals surface area contributed by atoms with E-state index in [0.717, 1.165) is 10.2 Å². The number of hydrogen-bond donors (Lipinski definition) is 0. The zero-order valence-electron chi connectivity index (χ0n) is 9.69. The molecule has 0 fully saturated rings. The third kappa shape index (κ3) is 1.80. The second-order valence-corrected chi connectivity index (χ2v) is 5.78. The van der Waals surface area contributed by atoms with Crippen LogP contribution < -0.4 is 0 Å². The highest BCUT2D eigenvalue weighted by Crippen LogP contribution is 2.22. The van der Waals surface area contributed by atoms with Crippen molar-refractivity contribution in [2.45, 2.75) is 4.90 Å². The van der Waals surface area contributed by atoms with Crippen molar-refractivity contribution < 1.29 is 12.8 Å². The molecule has 0 saturated carbocycles. The van der Waals surface area contributed by atoms with E-state index >= 15 is 0 Å². The summed E-state index contributed by atoms with van der Waals surface area (Å²) in [5, 5.41) is 0.182. The summed E-state index contributed by atoms with van der Waals surface area (Å²) in [7, 11) is -3.83. The molecule has 1 aromatic carbocycles. The summed E-state index contributed by atoms with van der Waals surface area (Å²) in [4.78, 5) is 4.03. The highest BCUT2D eigenvalue weighted by molar-refractivity contribution is 7.90. The van der Waals surface area contributed by atoms with Gasteiger partial charge in [0.25, 0.3) is 10.0 Å². The molecule has 0 atom stereocenters. The first-order valence-corrected chi connectivity index (χ1v) is 6.97. The van der Waals surface area contributed by atoms with Crippen molar-refractivity contribution in [1.82, 2.24) is 8.96 Å². The van der Waals surface area contributed by atoms with Gasteiger partial charge in [0, 0.05) is 6.20 Å². The third-order valence-corrected chi connectivity index (χ3v) is 4.45. The van der Waals surface area contributed by atoms with Gasteiger partial charge in [-0.3, -0.25) is 0 Å². The molecule has 0 N–H and O–H groups in total. The second kappa shape index (κ2) is 4.17. The highest BCUT2D eigenvalue weighted by Gasteiger charge is 2.21. The molecular weight excluding hydrogens is 267 g/mol. The standard InChI is InChI=1S/C13H9FN2O2S/c14-12-9-16(13-11(12)7-4-8-15-13)19(17,18)10-5-2-1-3-6-10/h1-9H. The Bertz CT molecular complexity index is 841. The summed E-state index contributed by atoms with van der Waals surface area (Å²) in [5.41, 5.74) is 0.0869. The molecule has 4 nitrogen and oxygen atoms in total. The van der Waals surface area contributed by atoms with Gasteiger partial charge in [-0.2, -0.15) is 0 Å². The Kier molecular flexibility index (Phi) is 2.60. The topological polar surface area (TPSA) is 52.0 Å². The molecule has 3 rings (SSSR count). The maximum absolute atomic E-state index is 13.7. The van der Waals surface area contributed by atoms with Gasteiger partial charge in [-0.1, -0.05) is 18.2 Å². The number of aromatic nitrogens is 2. The lowest BCUT2D eigenvalue weighted by Crippen LogP contribution is -2.12. The van der Waals surface area contributed by atoms with Crippen LogP contribution in [0.5, 0.6) is 0 Å².